The molecule has 42 heavy (non-hydrogen) atoms. The SMILES string of the molecule is C=[C-]N[C@@H]1CCc2csc(n2)C[C@@H](/C=C(C)/C=C/C(C)=C/C[NH+](C)C)OC(=O)/C=C\C=C(/C)C[C@H](C)OC(=O)C1.[CH3-].[Y]. The van der Waals surface area contributed by atoms with Crippen LogP contribution in [0.4, 0.5) is 0 Å². The van der Waals surface area contributed by atoms with Gasteiger partial charge in [0.2, 0.25) is 0 Å². The molecule has 2 heterocycles. The van der Waals surface area contributed by atoms with Gasteiger partial charge in [0.1, 0.15) is 12.2 Å². The summed E-state index contributed by atoms with van der Waals surface area (Å²) in [6.45, 7) is 12.5. The van der Waals surface area contributed by atoms with Gasteiger partial charge in [0.15, 0.2) is 0 Å². The van der Waals surface area contributed by atoms with Crippen molar-refractivity contribution in [2.45, 2.75) is 78.0 Å². The average Bonchev–Trinajstić information content (AvgIpc) is 3.31. The summed E-state index contributed by atoms with van der Waals surface area (Å²) in [6.07, 6.45) is 17.8. The molecule has 0 aliphatic carbocycles. The van der Waals surface area contributed by atoms with E-state index in [0.717, 1.165) is 28.4 Å². The molecule has 0 saturated carbocycles. The minimum Gasteiger partial charge on any atom is -0.565 e. The predicted molar refractivity (Wildman–Crippen MR) is 168 cm³/mol. The molecule has 229 valence electrons. The van der Waals surface area contributed by atoms with E-state index in [2.05, 4.69) is 51.3 Å². The zero-order valence-corrected chi connectivity index (χ0v) is 30.0. The fraction of sp³-hybridized carbons (Fsp3) is 0.455. The molecule has 1 aromatic rings. The maximum Gasteiger partial charge on any atom is 0.331 e. The van der Waals surface area contributed by atoms with Gasteiger partial charge in [-0.3, -0.25) is 11.4 Å². The number of quaternary nitrogens is 1. The number of aromatic nitrogens is 1. The normalized spacial score (nSPS) is 23.6. The predicted octanol–water partition coefficient (Wildman–Crippen LogP) is 4.70. The number of carbonyl (C=O) groups is 2. The van der Waals surface area contributed by atoms with E-state index in [4.69, 9.17) is 14.5 Å². The summed E-state index contributed by atoms with van der Waals surface area (Å²) in [4.78, 5) is 31.4. The monoisotopic (exact) mass is 671 g/mol. The van der Waals surface area contributed by atoms with Crippen LogP contribution >= 0.6 is 11.3 Å². The van der Waals surface area contributed by atoms with Crippen molar-refractivity contribution in [1.29, 1.82) is 0 Å². The van der Waals surface area contributed by atoms with E-state index < -0.39 is 12.1 Å². The van der Waals surface area contributed by atoms with Gasteiger partial charge < -0.3 is 33.3 Å². The molecular formula is C33H48N3O4SY-. The molecule has 2 rings (SSSR count). The van der Waals surface area contributed by atoms with Crippen LogP contribution in [0.2, 0.25) is 0 Å². The molecule has 1 radical (unpaired) electrons. The van der Waals surface area contributed by atoms with Crippen LogP contribution in [0.25, 0.3) is 0 Å². The van der Waals surface area contributed by atoms with Gasteiger partial charge in [0, 0.05) is 63.0 Å². The number of nitrogens with zero attached hydrogens (tertiary/aromatic N) is 1. The number of hydrogen-bond donors (Lipinski definition) is 2. The largest absolute Gasteiger partial charge is 0.565 e. The van der Waals surface area contributed by atoms with Gasteiger partial charge in [0.05, 0.1) is 37.8 Å². The van der Waals surface area contributed by atoms with Crippen molar-refractivity contribution < 1.29 is 56.7 Å². The Morgan fingerprint density at radius 3 is 2.60 bits per heavy atom. The first-order valence-corrected chi connectivity index (χ1v) is 14.7. The number of hydrogen-bond acceptors (Lipinski definition) is 7. The number of allylic oxidation sites excluding steroid dienone is 6. The van der Waals surface area contributed by atoms with Crippen LogP contribution in [0.15, 0.2) is 71.2 Å². The van der Waals surface area contributed by atoms with Gasteiger partial charge in [-0.25, -0.2) is 9.78 Å². The molecular weight excluding hydrogens is 623 g/mol. The van der Waals surface area contributed by atoms with Crippen molar-refractivity contribution in [3.63, 3.8) is 0 Å². The Morgan fingerprint density at radius 1 is 1.19 bits per heavy atom. The molecule has 2 N–H and O–H groups in total. The van der Waals surface area contributed by atoms with E-state index >= 15 is 0 Å². The number of cyclic esters (lactones) is 2. The Balaban J connectivity index is 0.00000840. The molecule has 3 atom stereocenters. The number of rotatable bonds is 7. The molecule has 9 heteroatoms. The molecule has 0 saturated heterocycles. The Kier molecular flexibility index (Phi) is 20.5. The fourth-order valence-electron chi connectivity index (χ4n) is 4.12. The van der Waals surface area contributed by atoms with Crippen molar-refractivity contribution in [2.75, 3.05) is 20.6 Å². The minimum absolute atomic E-state index is 0. The molecule has 7 nitrogen and oxygen atoms in total. The van der Waals surface area contributed by atoms with Gasteiger partial charge in [0.25, 0.3) is 0 Å². The minimum atomic E-state index is -0.459. The van der Waals surface area contributed by atoms with Crippen LogP contribution in [0.5, 0.6) is 0 Å². The first kappa shape index (κ1) is 39.9. The second kappa shape index (κ2) is 21.5. The molecule has 1 aliphatic rings. The number of fused-ring (bicyclic) bond motifs is 2. The molecule has 2 bridgehead atoms. The van der Waals surface area contributed by atoms with Gasteiger partial charge in [-0.1, -0.05) is 35.5 Å². The van der Waals surface area contributed by atoms with Gasteiger partial charge in [-0.05, 0) is 58.3 Å². The van der Waals surface area contributed by atoms with Gasteiger partial charge >= 0.3 is 11.9 Å². The van der Waals surface area contributed by atoms with Crippen molar-refractivity contribution in [3.8, 4) is 0 Å². The van der Waals surface area contributed by atoms with E-state index in [0.29, 0.717) is 25.7 Å². The zero-order valence-electron chi connectivity index (χ0n) is 26.4. The summed E-state index contributed by atoms with van der Waals surface area (Å²) >= 11 is 1.55. The van der Waals surface area contributed by atoms with E-state index in [1.807, 2.05) is 44.4 Å². The zero-order chi connectivity index (χ0) is 29.5. The second-order valence-corrected chi connectivity index (χ2v) is 11.6. The summed E-state index contributed by atoms with van der Waals surface area (Å²) in [5.41, 5.74) is 4.11. The summed E-state index contributed by atoms with van der Waals surface area (Å²) in [5.74, 6) is -0.691. The van der Waals surface area contributed by atoms with Gasteiger partial charge in [-0.2, -0.15) is 0 Å². The van der Waals surface area contributed by atoms with E-state index in [-0.39, 0.29) is 64.7 Å². The molecule has 1 aliphatic heterocycles. The first-order chi connectivity index (χ1) is 19.0. The topological polar surface area (TPSA) is 82.0 Å². The number of thiazole rings is 1. The van der Waals surface area contributed by atoms with Gasteiger partial charge in [-0.15, -0.1) is 11.3 Å². The standard InChI is InChI=1S/C32H44N3O4S.CH3.Y/c1-8-33-27-14-15-28-22-40-30(34-28)21-29(19-25(4)13-12-23(2)16-17-35(6)7)39-31(36)11-9-10-24(3)18-26(5)38-32(37)20-27;;/h9-13,16,19,22,26-27,29,33H,1,14-15,17-18,20-21H2,2-7H3;1H3;/q2*-1;/p+1/b11-9-,13-12+,23-16+,24-10+,25-19+;;/t26-,27+,29+;;/m0../s1. The maximum absolute atomic E-state index is 12.7. The van der Waals surface area contributed by atoms with Crippen molar-refractivity contribution in [3.05, 3.63) is 95.5 Å². The average molecular weight is 672 g/mol. The number of esters is 2. The third kappa shape index (κ3) is 17.1. The summed E-state index contributed by atoms with van der Waals surface area (Å²) < 4.78 is 11.5. The number of aryl methyl sites for hydroxylation is 1. The van der Waals surface area contributed by atoms with Crippen LogP contribution in [-0.2, 0) is 64.6 Å². The smallest absolute Gasteiger partial charge is 0.331 e. The quantitative estimate of drug-likeness (QED) is 0.189. The van der Waals surface area contributed by atoms with Crippen LogP contribution in [-0.4, -0.2) is 55.8 Å². The summed E-state index contributed by atoms with van der Waals surface area (Å²) in [5, 5.41) is 5.96. The number of nitrogens with one attached hydrogen (secondary N) is 2. The number of likely N-dealkylation sites (N-methyl/N-ethyl adjacent to an activating group) is 1. The molecule has 0 aromatic carbocycles. The summed E-state index contributed by atoms with van der Waals surface area (Å²) in [6, 6.07) is -0.147. The van der Waals surface area contributed by atoms with Crippen molar-refractivity contribution >= 4 is 23.3 Å². The Bertz CT molecular complexity index is 1150. The van der Waals surface area contributed by atoms with Crippen molar-refractivity contribution in [1.82, 2.24) is 10.3 Å². The fourth-order valence-corrected chi connectivity index (χ4v) is 4.99. The second-order valence-electron chi connectivity index (χ2n) is 10.7. The third-order valence-corrected chi connectivity index (χ3v) is 7.08. The van der Waals surface area contributed by atoms with Crippen LogP contribution in [0, 0.1) is 13.6 Å². The van der Waals surface area contributed by atoms with E-state index in [1.54, 1.807) is 17.4 Å². The molecule has 0 unspecified atom stereocenters. The third-order valence-electron chi connectivity index (χ3n) is 6.16. The van der Waals surface area contributed by atoms with E-state index in [1.165, 1.54) is 16.5 Å². The Morgan fingerprint density at radius 2 is 1.90 bits per heavy atom. The first-order valence-electron chi connectivity index (χ1n) is 13.8. The van der Waals surface area contributed by atoms with Crippen molar-refractivity contribution in [2.24, 2.45) is 0 Å². The van der Waals surface area contributed by atoms with Crippen LogP contribution in [0.3, 0.4) is 0 Å². The van der Waals surface area contributed by atoms with Crippen LogP contribution < -0.4 is 10.2 Å². The Labute approximate surface area is 282 Å². The maximum atomic E-state index is 12.7. The van der Waals surface area contributed by atoms with E-state index in [9.17, 15) is 9.59 Å². The summed E-state index contributed by atoms with van der Waals surface area (Å²) in [7, 11) is 4.24. The Hall–Kier alpha value is -2.13. The molecule has 0 fully saturated rings. The number of carbonyl (C=O) groups excluding carboxylic acids is 2. The molecule has 0 amide bonds. The number of ether oxygens (including phenoxy) is 2. The molecule has 1 aromatic heterocycles. The van der Waals surface area contributed by atoms with Crippen LogP contribution in [0.1, 0.15) is 57.7 Å². The molecule has 0 spiro atoms.